The third kappa shape index (κ3) is 2.70. The van der Waals surface area contributed by atoms with Crippen LogP contribution in [0, 0.1) is 0 Å². The van der Waals surface area contributed by atoms with Crippen molar-refractivity contribution in [2.24, 2.45) is 0 Å². The molecule has 6 heteroatoms. The average Bonchev–Trinajstić information content (AvgIpc) is 2.82. The number of nitrogens with one attached hydrogen (secondary N) is 1. The van der Waals surface area contributed by atoms with Crippen molar-refractivity contribution in [1.29, 1.82) is 0 Å². The van der Waals surface area contributed by atoms with Crippen LogP contribution in [0.3, 0.4) is 0 Å². The Hall–Kier alpha value is -0.330. The minimum Gasteiger partial charge on any atom is -0.356 e. The molecular weight excluding hydrogens is 464 g/mol. The van der Waals surface area contributed by atoms with Crippen LogP contribution in [0.25, 0.3) is 10.9 Å². The van der Waals surface area contributed by atoms with Gasteiger partial charge in [-0.2, -0.15) is 0 Å². The van der Waals surface area contributed by atoms with Crippen molar-refractivity contribution in [3.05, 3.63) is 35.5 Å². The van der Waals surface area contributed by atoms with Crippen LogP contribution in [0.5, 0.6) is 0 Å². The van der Waals surface area contributed by atoms with Crippen LogP contribution in [-0.4, -0.2) is 24.5 Å². The van der Waals surface area contributed by atoms with Crippen molar-refractivity contribution in [3.8, 4) is 0 Å². The molecule has 1 unspecified atom stereocenters. The molecule has 3 rings (SSSR count). The summed E-state index contributed by atoms with van der Waals surface area (Å²) in [5.74, 6) is 0.159. The van der Waals surface area contributed by atoms with E-state index >= 15 is 0 Å². The van der Waals surface area contributed by atoms with Crippen LogP contribution in [0.1, 0.15) is 30.6 Å². The third-order valence-electron chi connectivity index (χ3n) is 3.97. The number of carbonyl (C=O) groups is 1. The highest BCUT2D eigenvalue weighted by Crippen LogP contribution is 2.51. The quantitative estimate of drug-likeness (QED) is 0.585. The number of rotatable bonds is 1. The number of H-pyrrole nitrogens is 1. The molecule has 1 aliphatic heterocycles. The van der Waals surface area contributed by atoms with Gasteiger partial charge in [0.15, 0.2) is 2.14 Å². The first-order valence-electron chi connectivity index (χ1n) is 6.89. The van der Waals surface area contributed by atoms with Crippen molar-refractivity contribution in [2.45, 2.75) is 28.0 Å². The number of hydrogen-bond donors (Lipinski definition) is 1. The van der Waals surface area contributed by atoms with Gasteiger partial charge in [-0.3, -0.25) is 4.79 Å². The van der Waals surface area contributed by atoms with Crippen LogP contribution in [0.2, 0.25) is 0 Å². The first-order chi connectivity index (χ1) is 9.93. The lowest BCUT2D eigenvalue weighted by Gasteiger charge is -2.40. The standard InChI is InChI=1S/C15H15Br3N2O/c1-2-12(21)20-8-7-10-9-5-3-4-6-11(9)19-13(10)14(20)15(16,17)18/h3-6,14,19H,2,7-8H2,1H3. The summed E-state index contributed by atoms with van der Waals surface area (Å²) in [7, 11) is 0. The second-order valence-electron chi connectivity index (χ2n) is 5.20. The first kappa shape index (κ1) is 15.6. The van der Waals surface area contributed by atoms with Gasteiger partial charge in [-0.15, -0.1) is 0 Å². The molecule has 1 atom stereocenters. The van der Waals surface area contributed by atoms with Crippen molar-refractivity contribution < 1.29 is 4.79 Å². The van der Waals surface area contributed by atoms with E-state index in [2.05, 4.69) is 71.0 Å². The van der Waals surface area contributed by atoms with Crippen molar-refractivity contribution in [1.82, 2.24) is 9.88 Å². The number of amides is 1. The van der Waals surface area contributed by atoms with E-state index < -0.39 is 2.14 Å². The first-order valence-corrected chi connectivity index (χ1v) is 9.27. The van der Waals surface area contributed by atoms with Gasteiger partial charge in [-0.1, -0.05) is 72.9 Å². The number of aromatic amines is 1. The zero-order chi connectivity index (χ0) is 15.2. The molecule has 112 valence electrons. The average molecular weight is 479 g/mol. The Morgan fingerprint density at radius 2 is 2.10 bits per heavy atom. The van der Waals surface area contributed by atoms with E-state index in [0.29, 0.717) is 6.42 Å². The monoisotopic (exact) mass is 476 g/mol. The molecule has 0 saturated heterocycles. The number of para-hydroxylation sites is 1. The zero-order valence-corrected chi connectivity index (χ0v) is 16.3. The molecule has 1 aromatic carbocycles. The van der Waals surface area contributed by atoms with E-state index in [1.54, 1.807) is 0 Å². The Morgan fingerprint density at radius 3 is 2.76 bits per heavy atom. The summed E-state index contributed by atoms with van der Waals surface area (Å²) < 4.78 is -0.548. The number of hydrogen-bond acceptors (Lipinski definition) is 1. The highest BCUT2D eigenvalue weighted by molar-refractivity contribution is 9.39. The van der Waals surface area contributed by atoms with E-state index in [0.717, 1.165) is 24.2 Å². The fourth-order valence-electron chi connectivity index (χ4n) is 3.05. The van der Waals surface area contributed by atoms with Crippen molar-refractivity contribution in [2.75, 3.05) is 6.54 Å². The van der Waals surface area contributed by atoms with Crippen LogP contribution < -0.4 is 0 Å². The maximum atomic E-state index is 12.3. The largest absolute Gasteiger partial charge is 0.356 e. The lowest BCUT2D eigenvalue weighted by molar-refractivity contribution is -0.133. The predicted molar refractivity (Wildman–Crippen MR) is 96.3 cm³/mol. The Labute approximate surface area is 148 Å². The summed E-state index contributed by atoms with van der Waals surface area (Å²) in [6, 6.07) is 8.17. The van der Waals surface area contributed by atoms with E-state index in [-0.39, 0.29) is 11.9 Å². The van der Waals surface area contributed by atoms with Crippen LogP contribution >= 0.6 is 47.8 Å². The number of nitrogens with zero attached hydrogens (tertiary/aromatic N) is 1. The highest BCUT2D eigenvalue weighted by atomic mass is 80.0. The molecule has 1 aromatic heterocycles. The summed E-state index contributed by atoms with van der Waals surface area (Å²) in [5.41, 5.74) is 3.52. The molecule has 2 aromatic rings. The minimum absolute atomic E-state index is 0.124. The molecule has 0 fully saturated rings. The number of benzene rings is 1. The van der Waals surface area contributed by atoms with Gasteiger partial charge in [0.2, 0.25) is 5.91 Å². The van der Waals surface area contributed by atoms with Gasteiger partial charge in [0.05, 0.1) is 0 Å². The van der Waals surface area contributed by atoms with Crippen molar-refractivity contribution >= 4 is 64.6 Å². The van der Waals surface area contributed by atoms with E-state index in [1.165, 1.54) is 10.9 Å². The molecule has 1 N–H and O–H groups in total. The molecule has 0 bridgehead atoms. The SMILES string of the molecule is CCC(=O)N1CCc2c([nH]c3ccccc23)C1C(Br)(Br)Br. The van der Waals surface area contributed by atoms with Gasteiger partial charge in [0.1, 0.15) is 6.04 Å². The Morgan fingerprint density at radius 1 is 1.38 bits per heavy atom. The fourth-order valence-corrected chi connectivity index (χ4v) is 4.48. The Bertz CT molecular complexity index is 690. The maximum Gasteiger partial charge on any atom is 0.222 e. The molecule has 3 nitrogen and oxygen atoms in total. The van der Waals surface area contributed by atoms with Gasteiger partial charge in [0, 0.05) is 29.6 Å². The second kappa shape index (κ2) is 5.70. The lowest BCUT2D eigenvalue weighted by atomic mass is 9.98. The fraction of sp³-hybridized carbons (Fsp3) is 0.400. The second-order valence-corrected chi connectivity index (χ2v) is 12.1. The number of fused-ring (bicyclic) bond motifs is 3. The summed E-state index contributed by atoms with van der Waals surface area (Å²) >= 11 is 10.9. The van der Waals surface area contributed by atoms with Crippen molar-refractivity contribution in [3.63, 3.8) is 0 Å². The van der Waals surface area contributed by atoms with Gasteiger partial charge in [-0.25, -0.2) is 0 Å². The topological polar surface area (TPSA) is 36.1 Å². The molecule has 0 saturated carbocycles. The van der Waals surface area contributed by atoms with Gasteiger partial charge < -0.3 is 9.88 Å². The molecule has 2 heterocycles. The van der Waals surface area contributed by atoms with Gasteiger partial charge in [0.25, 0.3) is 0 Å². The molecular formula is C15H15Br3N2O. The van der Waals surface area contributed by atoms with Crippen LogP contribution in [0.15, 0.2) is 24.3 Å². The maximum absolute atomic E-state index is 12.3. The van der Waals surface area contributed by atoms with E-state index in [4.69, 9.17) is 0 Å². The normalized spacial score (nSPS) is 18.9. The summed E-state index contributed by atoms with van der Waals surface area (Å²) in [6.45, 7) is 2.63. The van der Waals surface area contributed by atoms with E-state index in [9.17, 15) is 4.79 Å². The van der Waals surface area contributed by atoms with Gasteiger partial charge >= 0.3 is 0 Å². The van der Waals surface area contributed by atoms with Crippen LogP contribution in [-0.2, 0) is 11.2 Å². The Kier molecular flexibility index (Phi) is 4.23. The molecule has 1 aliphatic rings. The molecule has 1 amide bonds. The smallest absolute Gasteiger partial charge is 0.222 e. The lowest BCUT2D eigenvalue weighted by Crippen LogP contribution is -2.44. The number of aromatic nitrogens is 1. The number of alkyl halides is 3. The number of carbonyl (C=O) groups excluding carboxylic acids is 1. The molecule has 0 aliphatic carbocycles. The predicted octanol–water partition coefficient (Wildman–Crippen LogP) is 4.84. The van der Waals surface area contributed by atoms with E-state index in [1.807, 2.05) is 17.9 Å². The minimum atomic E-state index is -0.548. The molecule has 0 radical (unpaired) electrons. The Balaban J connectivity index is 2.18. The van der Waals surface area contributed by atoms with Gasteiger partial charge in [-0.05, 0) is 18.1 Å². The zero-order valence-electron chi connectivity index (χ0n) is 11.5. The summed E-state index contributed by atoms with van der Waals surface area (Å²) in [6.07, 6.45) is 1.39. The summed E-state index contributed by atoms with van der Waals surface area (Å²) in [5, 5.41) is 1.25. The third-order valence-corrected chi connectivity index (χ3v) is 5.27. The number of halogens is 3. The summed E-state index contributed by atoms with van der Waals surface area (Å²) in [4.78, 5) is 17.7. The molecule has 21 heavy (non-hydrogen) atoms. The molecule has 0 spiro atoms. The highest BCUT2D eigenvalue weighted by Gasteiger charge is 2.43. The van der Waals surface area contributed by atoms with Crippen LogP contribution in [0.4, 0.5) is 0 Å².